The van der Waals surface area contributed by atoms with Gasteiger partial charge in [-0.2, -0.15) is 11.8 Å². The van der Waals surface area contributed by atoms with Crippen LogP contribution in [0.5, 0.6) is 0 Å². The average molecular weight is 1520 g/mol. The summed E-state index contributed by atoms with van der Waals surface area (Å²) in [5.74, 6) is -10.1. The molecule has 0 saturated carbocycles. The Morgan fingerprint density at radius 1 is 0.570 bits per heavy atom. The fourth-order valence-electron chi connectivity index (χ4n) is 13.4. The summed E-state index contributed by atoms with van der Waals surface area (Å²) in [5.41, 5.74) is 29.1. The number of amides is 12. The van der Waals surface area contributed by atoms with Gasteiger partial charge in [0.05, 0.1) is 25.5 Å². The molecule has 1 aromatic carbocycles. The number of aromatic nitrogens is 2. The number of guanidine groups is 2. The van der Waals surface area contributed by atoms with Gasteiger partial charge in [0.1, 0.15) is 66.5 Å². The average Bonchev–Trinajstić information content (AvgIpc) is 1.72. The molecule has 0 unspecified atom stereocenters. The smallest absolute Gasteiger partial charge is 0.326 e. The Balaban J connectivity index is 1.10. The Labute approximate surface area is 626 Å². The third kappa shape index (κ3) is 27.6. The third-order valence-corrected chi connectivity index (χ3v) is 19.6. The Morgan fingerprint density at radius 3 is 1.61 bits per heavy atom. The Kier molecular flexibility index (Phi) is 35.8. The summed E-state index contributed by atoms with van der Waals surface area (Å²) in [6.45, 7) is 3.42. The van der Waals surface area contributed by atoms with Crippen LogP contribution in [0.2, 0.25) is 0 Å². The monoisotopic (exact) mass is 1520 g/mol. The lowest BCUT2D eigenvalue weighted by atomic mass is 10.0. The highest BCUT2D eigenvalue weighted by atomic mass is 32.2. The molecule has 0 spiro atoms. The minimum atomic E-state index is -1.75. The molecule has 5 heterocycles. The molecule has 0 bridgehead atoms. The summed E-state index contributed by atoms with van der Waals surface area (Å²) < 4.78 is 0. The predicted octanol–water partition coefficient (Wildman–Crippen LogP) is -4.97. The van der Waals surface area contributed by atoms with Crippen LogP contribution in [0.25, 0.3) is 0 Å². The Morgan fingerprint density at radius 2 is 1.07 bits per heavy atom. The van der Waals surface area contributed by atoms with Crippen LogP contribution in [-0.4, -0.2) is 267 Å². The van der Waals surface area contributed by atoms with E-state index < -0.39 is 157 Å². The summed E-state index contributed by atoms with van der Waals surface area (Å²) in [6, 6.07) is -5.64. The van der Waals surface area contributed by atoms with Crippen LogP contribution in [0.15, 0.2) is 52.8 Å². The number of aliphatic carboxylic acids is 1. The molecular weight excluding hydrogens is 1410 g/mol. The molecule has 6 rings (SSSR count). The van der Waals surface area contributed by atoms with E-state index in [4.69, 9.17) is 28.7 Å². The second-order valence-electron chi connectivity index (χ2n) is 27.6. The molecule has 0 aliphatic carbocycles. The lowest BCUT2D eigenvalue weighted by Crippen LogP contribution is -2.61. The number of carbonyl (C=O) groups is 13. The SMILES string of the molecule is CSCC[C@H](NC(=O)[C@@H]1CCCN1C(=O)CNC(=O)[C@H](CCCCN)NC(=O)[C@H](Cc1cnc[nH]1)NC(=O)[C@H](CO)NC(=O)[C@H](CC(C)C)NC(=O)[C@H](CCCN=C(N)N)NC(=O)[C@@H]1CCCN1C(=O)[C@H](CCCN=C(N)N)NC(=O)[C@@H]1CCCN1)C(=O)N1CCC[C@H]1C(=O)N[C@@H](Cc1ccccc1)C(=O)O. The molecule has 38 heteroatoms. The molecule has 4 aliphatic heterocycles. The van der Waals surface area contributed by atoms with Crippen molar-refractivity contribution in [1.29, 1.82) is 0 Å². The number of imidazole rings is 1. The fourth-order valence-corrected chi connectivity index (χ4v) is 13.8. The minimum Gasteiger partial charge on any atom is -0.480 e. The molecule has 12 amide bonds. The maximum absolute atomic E-state index is 14.5. The number of unbranched alkanes of at least 4 members (excludes halogenated alkanes) is 1. The number of hydrogen-bond donors (Lipinski definition) is 18. The standard InChI is InChI=1S/C69H110N22O15S/c1-40(2)33-48(85-58(96)45(19-10-27-77-68(71)72)82-63(101)53-22-13-30-90(53)65(103)46(20-11-28-78-69(73)74)83-57(95)43-18-9-26-76-43)59(97)88-51(38-92)61(99)86-49(35-42-36-75-39-80-42)60(98)81-44(17-7-8-25-70)56(94)79-37-55(93)89-29-12-21-52(89)62(100)84-47(24-32-107-3)66(104)91-31-14-23-54(91)64(102)87-50(67(105)106)34-41-15-5-4-6-16-41/h4-6,15-16,36,39-40,43-54,76,92H,7-14,17-35,37-38,70H2,1-3H3,(H,75,80)(H,79,94)(H,81,98)(H,82,101)(H,83,95)(H,84,100)(H,85,96)(H,86,99)(H,87,102)(H,88,97)(H,105,106)(H4,71,72,77)(H4,73,74,78)/t43-,44-,45-,46-,47-,48-,49-,50-,51-,52-,53-,54-/m0/s1. The first-order valence-electron chi connectivity index (χ1n) is 36.7. The summed E-state index contributed by atoms with van der Waals surface area (Å²) >= 11 is 1.43. The van der Waals surface area contributed by atoms with Gasteiger partial charge in [0.15, 0.2) is 11.9 Å². The summed E-state index contributed by atoms with van der Waals surface area (Å²) in [5, 5.41) is 47.9. The second-order valence-corrected chi connectivity index (χ2v) is 28.6. The highest BCUT2D eigenvalue weighted by Crippen LogP contribution is 2.25. The van der Waals surface area contributed by atoms with Gasteiger partial charge in [-0.1, -0.05) is 44.2 Å². The van der Waals surface area contributed by atoms with Crippen molar-refractivity contribution in [3.63, 3.8) is 0 Å². The largest absolute Gasteiger partial charge is 0.480 e. The van der Waals surface area contributed by atoms with Crippen LogP contribution in [0.1, 0.15) is 134 Å². The van der Waals surface area contributed by atoms with Crippen LogP contribution in [0.3, 0.4) is 0 Å². The molecule has 4 aliphatic rings. The van der Waals surface area contributed by atoms with Gasteiger partial charge in [-0.3, -0.25) is 67.5 Å². The summed E-state index contributed by atoms with van der Waals surface area (Å²) in [4.78, 5) is 201. The van der Waals surface area contributed by atoms with Gasteiger partial charge in [0, 0.05) is 57.5 Å². The molecule has 592 valence electrons. The van der Waals surface area contributed by atoms with E-state index in [1.165, 1.54) is 39.0 Å². The van der Waals surface area contributed by atoms with Crippen LogP contribution in [0.4, 0.5) is 0 Å². The number of carboxylic acid groups (broad SMARTS) is 1. The molecule has 4 saturated heterocycles. The number of aliphatic hydroxyl groups is 1. The quantitative estimate of drug-likeness (QED) is 0.0168. The van der Waals surface area contributed by atoms with Gasteiger partial charge in [0.25, 0.3) is 0 Å². The molecule has 4 fully saturated rings. The maximum atomic E-state index is 14.5. The zero-order chi connectivity index (χ0) is 78.1. The second kappa shape index (κ2) is 44.4. The summed E-state index contributed by atoms with van der Waals surface area (Å²) in [7, 11) is 0. The number of rotatable bonds is 44. The molecule has 0 radical (unpaired) electrons. The maximum Gasteiger partial charge on any atom is 0.326 e. The molecule has 1 aromatic heterocycles. The van der Waals surface area contributed by atoms with Gasteiger partial charge >= 0.3 is 5.97 Å². The van der Waals surface area contributed by atoms with Crippen LogP contribution in [0, 0.1) is 5.92 Å². The van der Waals surface area contributed by atoms with E-state index in [2.05, 4.69) is 73.1 Å². The topological polar surface area (TPSA) is 576 Å². The number of carboxylic acids is 1. The van der Waals surface area contributed by atoms with Crippen molar-refractivity contribution in [2.45, 2.75) is 208 Å². The van der Waals surface area contributed by atoms with Crippen molar-refractivity contribution in [1.82, 2.24) is 77.8 Å². The molecule has 2 aromatic rings. The molecular formula is C69H110N22O15S. The van der Waals surface area contributed by atoms with E-state index in [0.29, 0.717) is 68.5 Å². The van der Waals surface area contributed by atoms with E-state index in [0.717, 1.165) is 6.42 Å². The zero-order valence-corrected chi connectivity index (χ0v) is 62.0. The number of hydrogen-bond acceptors (Lipinski definition) is 20. The number of likely N-dealkylation sites (tertiary alicyclic amines) is 3. The Hall–Kier alpha value is -9.69. The zero-order valence-electron chi connectivity index (χ0n) is 61.2. The Bertz CT molecular complexity index is 3370. The first kappa shape index (κ1) is 86.2. The van der Waals surface area contributed by atoms with E-state index in [1.807, 2.05) is 6.26 Å². The highest BCUT2D eigenvalue weighted by Gasteiger charge is 2.44. The number of benzene rings is 1. The highest BCUT2D eigenvalue weighted by molar-refractivity contribution is 7.98. The van der Waals surface area contributed by atoms with E-state index in [9.17, 15) is 72.5 Å². The van der Waals surface area contributed by atoms with Crippen LogP contribution >= 0.6 is 11.8 Å². The molecule has 12 atom stereocenters. The van der Waals surface area contributed by atoms with Crippen molar-refractivity contribution in [3.8, 4) is 0 Å². The fraction of sp³-hybridized carbons (Fsp3) is 0.652. The van der Waals surface area contributed by atoms with E-state index >= 15 is 0 Å². The van der Waals surface area contributed by atoms with Crippen molar-refractivity contribution < 1.29 is 72.5 Å². The van der Waals surface area contributed by atoms with Crippen molar-refractivity contribution in [2.75, 3.05) is 71.0 Å². The van der Waals surface area contributed by atoms with Crippen molar-refractivity contribution in [3.05, 3.63) is 54.1 Å². The lowest BCUT2D eigenvalue weighted by molar-refractivity contribution is -0.145. The third-order valence-electron chi connectivity index (χ3n) is 19.0. The van der Waals surface area contributed by atoms with Gasteiger partial charge in [-0.15, -0.1) is 0 Å². The molecule has 37 nitrogen and oxygen atoms in total. The van der Waals surface area contributed by atoms with Gasteiger partial charge < -0.3 is 112 Å². The number of nitrogens with one attached hydrogen (secondary N) is 11. The minimum absolute atomic E-state index is 0.00255. The first-order chi connectivity index (χ1) is 51.2. The number of aromatic amines is 1. The number of carbonyl (C=O) groups excluding carboxylic acids is 12. The number of nitrogens with two attached hydrogens (primary N) is 5. The van der Waals surface area contributed by atoms with Crippen LogP contribution in [-0.2, 0) is 75.2 Å². The van der Waals surface area contributed by atoms with Gasteiger partial charge in [-0.25, -0.2) is 9.78 Å². The summed E-state index contributed by atoms with van der Waals surface area (Å²) in [6.07, 6.45) is 9.01. The number of nitrogens with zero attached hydrogens (tertiary/aromatic N) is 6. The first-order valence-corrected chi connectivity index (χ1v) is 38.1. The molecule has 107 heavy (non-hydrogen) atoms. The van der Waals surface area contributed by atoms with E-state index in [-0.39, 0.29) is 134 Å². The van der Waals surface area contributed by atoms with Crippen LogP contribution < -0.4 is 81.8 Å². The van der Waals surface area contributed by atoms with Crippen molar-refractivity contribution >= 4 is 101 Å². The lowest BCUT2D eigenvalue weighted by Gasteiger charge is -2.31. The van der Waals surface area contributed by atoms with Gasteiger partial charge in [0.2, 0.25) is 70.9 Å². The number of H-pyrrole nitrogens is 1. The predicted molar refractivity (Wildman–Crippen MR) is 396 cm³/mol. The number of thioether (sulfide) groups is 1. The normalized spacial score (nSPS) is 19.1. The number of aliphatic imine (C=N–C) groups is 2. The number of aliphatic hydroxyl groups excluding tert-OH is 1. The molecule has 23 N–H and O–H groups in total. The van der Waals surface area contributed by atoms with E-state index in [1.54, 1.807) is 44.2 Å². The van der Waals surface area contributed by atoms with Gasteiger partial charge in [-0.05, 0) is 146 Å². The van der Waals surface area contributed by atoms with Crippen molar-refractivity contribution in [2.24, 2.45) is 44.6 Å².